The fraction of sp³-hybridized carbons (Fsp3) is 0.529. The number of amides is 1. The molecule has 132 valence electrons. The molecule has 24 heavy (non-hydrogen) atoms. The number of hydrogen-bond acceptors (Lipinski definition) is 5. The topological polar surface area (TPSA) is 115 Å². The molecule has 0 aliphatic rings. The molecule has 1 aromatic rings. The number of carbonyl (C=O) groups excluding carboxylic acids is 1. The van der Waals surface area contributed by atoms with Crippen LogP contribution in [0.25, 0.3) is 0 Å². The summed E-state index contributed by atoms with van der Waals surface area (Å²) < 4.78 is 0. The van der Waals surface area contributed by atoms with Crippen molar-refractivity contribution in [3.63, 3.8) is 0 Å². The maximum atomic E-state index is 12.6. The zero-order valence-corrected chi connectivity index (χ0v) is 14.2. The first kappa shape index (κ1) is 19.8. The maximum absolute atomic E-state index is 12.6. The van der Waals surface area contributed by atoms with E-state index >= 15 is 0 Å². The Hall–Kier alpha value is -2.28. The van der Waals surface area contributed by atoms with Gasteiger partial charge in [0.2, 0.25) is 5.91 Å². The summed E-state index contributed by atoms with van der Waals surface area (Å²) in [5, 5.41) is 17.9. The number of nitrogens with zero attached hydrogens (tertiary/aromatic N) is 1. The SMILES string of the molecule is CC(C)CC(CNCC(=O)O)NC(=O)C(CN=N)c1ccccc1. The van der Waals surface area contributed by atoms with Gasteiger partial charge in [-0.2, -0.15) is 5.11 Å². The van der Waals surface area contributed by atoms with Crippen molar-refractivity contribution >= 4 is 11.9 Å². The Morgan fingerprint density at radius 3 is 2.46 bits per heavy atom. The average molecular weight is 334 g/mol. The molecule has 0 heterocycles. The Bertz CT molecular complexity index is 534. The fourth-order valence-corrected chi connectivity index (χ4v) is 2.53. The van der Waals surface area contributed by atoms with Crippen LogP contribution < -0.4 is 10.6 Å². The first-order valence-corrected chi connectivity index (χ1v) is 8.05. The third-order valence-corrected chi connectivity index (χ3v) is 3.56. The molecule has 2 unspecified atom stereocenters. The highest BCUT2D eigenvalue weighted by Gasteiger charge is 2.23. The largest absolute Gasteiger partial charge is 0.480 e. The summed E-state index contributed by atoms with van der Waals surface area (Å²) in [5.74, 6) is -1.28. The second kappa shape index (κ2) is 10.5. The molecule has 4 N–H and O–H groups in total. The van der Waals surface area contributed by atoms with Crippen LogP contribution in [-0.4, -0.2) is 42.7 Å². The summed E-state index contributed by atoms with van der Waals surface area (Å²) in [6, 6.07) is 9.08. The van der Waals surface area contributed by atoms with Gasteiger partial charge in [-0.05, 0) is 17.9 Å². The Morgan fingerprint density at radius 1 is 1.25 bits per heavy atom. The smallest absolute Gasteiger partial charge is 0.317 e. The lowest BCUT2D eigenvalue weighted by molar-refractivity contribution is -0.135. The monoisotopic (exact) mass is 334 g/mol. The Kier molecular flexibility index (Phi) is 8.64. The fourth-order valence-electron chi connectivity index (χ4n) is 2.53. The van der Waals surface area contributed by atoms with Gasteiger partial charge >= 0.3 is 5.97 Å². The Labute approximate surface area is 142 Å². The molecule has 0 aliphatic heterocycles. The molecule has 1 rings (SSSR count). The highest BCUT2D eigenvalue weighted by atomic mass is 16.4. The van der Waals surface area contributed by atoms with E-state index in [1.165, 1.54) is 0 Å². The van der Waals surface area contributed by atoms with Crippen molar-refractivity contribution in [2.75, 3.05) is 19.6 Å². The van der Waals surface area contributed by atoms with Crippen molar-refractivity contribution in [2.45, 2.75) is 32.2 Å². The van der Waals surface area contributed by atoms with Crippen molar-refractivity contribution < 1.29 is 14.7 Å². The summed E-state index contributed by atoms with van der Waals surface area (Å²) in [6.07, 6.45) is 0.734. The molecular formula is C17H26N4O3. The summed E-state index contributed by atoms with van der Waals surface area (Å²) in [6.45, 7) is 4.42. The number of nitrogens with one attached hydrogen (secondary N) is 3. The zero-order valence-electron chi connectivity index (χ0n) is 14.2. The van der Waals surface area contributed by atoms with Crippen LogP contribution in [0.5, 0.6) is 0 Å². The van der Waals surface area contributed by atoms with E-state index in [0.717, 1.165) is 12.0 Å². The van der Waals surface area contributed by atoms with Crippen LogP contribution in [0.4, 0.5) is 0 Å². The highest BCUT2D eigenvalue weighted by molar-refractivity contribution is 5.84. The summed E-state index contributed by atoms with van der Waals surface area (Å²) in [4.78, 5) is 23.2. The molecule has 1 amide bonds. The number of benzene rings is 1. The minimum Gasteiger partial charge on any atom is -0.480 e. The van der Waals surface area contributed by atoms with Crippen LogP contribution in [0.15, 0.2) is 35.4 Å². The van der Waals surface area contributed by atoms with E-state index < -0.39 is 11.9 Å². The third-order valence-electron chi connectivity index (χ3n) is 3.56. The van der Waals surface area contributed by atoms with Gasteiger partial charge < -0.3 is 15.7 Å². The minimum absolute atomic E-state index is 0.0901. The molecule has 0 radical (unpaired) electrons. The van der Waals surface area contributed by atoms with Crippen LogP contribution in [0.1, 0.15) is 31.7 Å². The number of carbonyl (C=O) groups is 2. The highest BCUT2D eigenvalue weighted by Crippen LogP contribution is 2.17. The zero-order chi connectivity index (χ0) is 17.9. The average Bonchev–Trinajstić information content (AvgIpc) is 2.52. The van der Waals surface area contributed by atoms with Gasteiger partial charge in [-0.1, -0.05) is 44.2 Å². The molecule has 0 aromatic heterocycles. The van der Waals surface area contributed by atoms with Gasteiger partial charge in [0.1, 0.15) is 0 Å². The summed E-state index contributed by atoms with van der Waals surface area (Å²) in [7, 11) is 0. The number of hydrogen-bond donors (Lipinski definition) is 4. The van der Waals surface area contributed by atoms with Crippen molar-refractivity contribution in [1.29, 1.82) is 5.53 Å². The number of carboxylic acids is 1. The quantitative estimate of drug-likeness (QED) is 0.463. The first-order chi connectivity index (χ1) is 11.4. The molecule has 0 spiro atoms. The number of aliphatic carboxylic acids is 1. The van der Waals surface area contributed by atoms with Crippen molar-refractivity contribution in [1.82, 2.24) is 10.6 Å². The minimum atomic E-state index is -0.931. The molecule has 7 heteroatoms. The molecule has 1 aromatic carbocycles. The Morgan fingerprint density at radius 2 is 1.92 bits per heavy atom. The van der Waals surface area contributed by atoms with E-state index in [-0.39, 0.29) is 25.0 Å². The second-order valence-electron chi connectivity index (χ2n) is 6.16. The predicted octanol–water partition coefficient (Wildman–Crippen LogP) is 2.01. The molecule has 0 fully saturated rings. The van der Waals surface area contributed by atoms with Gasteiger partial charge in [0.05, 0.1) is 19.0 Å². The van der Waals surface area contributed by atoms with Crippen LogP contribution in [0, 0.1) is 11.4 Å². The van der Waals surface area contributed by atoms with Gasteiger partial charge in [0, 0.05) is 12.6 Å². The lowest BCUT2D eigenvalue weighted by atomic mass is 9.97. The molecule has 0 saturated carbocycles. The van der Waals surface area contributed by atoms with Gasteiger partial charge in [-0.3, -0.25) is 9.59 Å². The molecular weight excluding hydrogens is 308 g/mol. The van der Waals surface area contributed by atoms with E-state index in [9.17, 15) is 9.59 Å². The molecule has 0 saturated heterocycles. The lowest BCUT2D eigenvalue weighted by Crippen LogP contribution is -2.46. The standard InChI is InChI=1S/C17H26N4O3/c1-12(2)8-14(9-19-11-16(22)23)21-17(24)15(10-20-18)13-6-4-3-5-7-13/h3-7,12,14-15,18-19H,8-11H2,1-2H3,(H,21,24)(H,22,23). The molecule has 0 bridgehead atoms. The van der Waals surface area contributed by atoms with Crippen LogP contribution in [0.3, 0.4) is 0 Å². The Balaban J connectivity index is 2.75. The van der Waals surface area contributed by atoms with Crippen LogP contribution in [-0.2, 0) is 9.59 Å². The normalized spacial score (nSPS) is 13.3. The van der Waals surface area contributed by atoms with Crippen molar-refractivity contribution in [3.05, 3.63) is 35.9 Å². The van der Waals surface area contributed by atoms with Crippen molar-refractivity contribution in [2.24, 2.45) is 11.0 Å². The first-order valence-electron chi connectivity index (χ1n) is 8.05. The number of carboxylic acid groups (broad SMARTS) is 1. The van der Waals surface area contributed by atoms with E-state index in [0.29, 0.717) is 12.5 Å². The van der Waals surface area contributed by atoms with Gasteiger partial charge in [0.25, 0.3) is 0 Å². The molecule has 7 nitrogen and oxygen atoms in total. The summed E-state index contributed by atoms with van der Waals surface area (Å²) in [5.41, 5.74) is 7.91. The van der Waals surface area contributed by atoms with Crippen molar-refractivity contribution in [3.8, 4) is 0 Å². The second-order valence-corrected chi connectivity index (χ2v) is 6.16. The molecule has 2 atom stereocenters. The molecule has 0 aliphatic carbocycles. The van der Waals surface area contributed by atoms with Crippen LogP contribution >= 0.6 is 0 Å². The van der Waals surface area contributed by atoms with E-state index in [1.54, 1.807) is 0 Å². The maximum Gasteiger partial charge on any atom is 0.317 e. The third kappa shape index (κ3) is 7.32. The van der Waals surface area contributed by atoms with Gasteiger partial charge in [-0.15, -0.1) is 0 Å². The van der Waals surface area contributed by atoms with Gasteiger partial charge in [-0.25, -0.2) is 5.53 Å². The van der Waals surface area contributed by atoms with E-state index in [4.69, 9.17) is 10.6 Å². The van der Waals surface area contributed by atoms with E-state index in [1.807, 2.05) is 44.2 Å². The van der Waals surface area contributed by atoms with Crippen LogP contribution in [0.2, 0.25) is 0 Å². The van der Waals surface area contributed by atoms with Gasteiger partial charge in [0.15, 0.2) is 0 Å². The number of rotatable bonds is 11. The summed E-state index contributed by atoms with van der Waals surface area (Å²) >= 11 is 0. The van der Waals surface area contributed by atoms with E-state index in [2.05, 4.69) is 15.7 Å². The lowest BCUT2D eigenvalue weighted by Gasteiger charge is -2.23. The predicted molar refractivity (Wildman–Crippen MR) is 91.1 cm³/mol.